The van der Waals surface area contributed by atoms with Gasteiger partial charge in [-0.3, -0.25) is 5.32 Å². The molecule has 0 bridgehead atoms. The average Bonchev–Trinajstić information content (AvgIpc) is 3.00. The number of amides is 1. The highest BCUT2D eigenvalue weighted by Crippen LogP contribution is 2.62. The van der Waals surface area contributed by atoms with Crippen molar-refractivity contribution < 1.29 is 23.0 Å². The lowest BCUT2D eigenvalue weighted by Crippen LogP contribution is -2.30. The summed E-state index contributed by atoms with van der Waals surface area (Å²) >= 11 is 0. The lowest BCUT2D eigenvalue weighted by molar-refractivity contribution is 0.0634. The fourth-order valence-corrected chi connectivity index (χ4v) is 2.53. The van der Waals surface area contributed by atoms with Crippen molar-refractivity contribution in [3.63, 3.8) is 0 Å². The molecule has 1 aromatic carbocycles. The molecule has 23 heavy (non-hydrogen) atoms. The van der Waals surface area contributed by atoms with Gasteiger partial charge in [-0.1, -0.05) is 0 Å². The molecule has 0 aliphatic heterocycles. The van der Waals surface area contributed by atoms with Gasteiger partial charge in [0.1, 0.15) is 11.4 Å². The Morgan fingerprint density at radius 3 is 2.43 bits per heavy atom. The van der Waals surface area contributed by atoms with Crippen molar-refractivity contribution in [1.29, 1.82) is 0 Å². The number of benzene rings is 1. The molecule has 1 aromatic rings. The number of methoxy groups -OCH3 is 1. The van der Waals surface area contributed by atoms with Crippen LogP contribution in [0.2, 0.25) is 0 Å². The lowest BCUT2D eigenvalue weighted by Gasteiger charge is -2.23. The van der Waals surface area contributed by atoms with E-state index in [-0.39, 0.29) is 24.2 Å². The Bertz CT molecular complexity index is 614. The average molecular weight is 328 g/mol. The minimum Gasteiger partial charge on any atom is -0.497 e. The Kier molecular flexibility index (Phi) is 4.28. The second-order valence-electron chi connectivity index (χ2n) is 6.71. The zero-order valence-electron chi connectivity index (χ0n) is 13.7. The Morgan fingerprint density at radius 2 is 2.00 bits per heavy atom. The number of hydrogen-bond acceptors (Lipinski definition) is 4. The van der Waals surface area contributed by atoms with Gasteiger partial charge in [-0.15, -0.1) is 0 Å². The molecule has 1 saturated carbocycles. The summed E-state index contributed by atoms with van der Waals surface area (Å²) in [6.45, 7) is 4.93. The van der Waals surface area contributed by atoms with E-state index in [2.05, 4.69) is 5.32 Å². The maximum atomic E-state index is 13.9. The molecule has 1 atom stereocenters. The van der Waals surface area contributed by atoms with Gasteiger partial charge in [-0.25, -0.2) is 13.6 Å². The molecule has 0 aromatic heterocycles. The van der Waals surface area contributed by atoms with Gasteiger partial charge >= 0.3 is 6.09 Å². The third-order valence-electron chi connectivity index (χ3n) is 3.83. The number of hydrogen-bond donors (Lipinski definition) is 2. The van der Waals surface area contributed by atoms with Crippen LogP contribution in [0.5, 0.6) is 5.75 Å². The molecule has 0 spiro atoms. The first-order chi connectivity index (χ1) is 10.5. The standard InChI is InChI=1S/C16H22F2N2O3/c1-14(2,3)23-13(21)20-12-6-5-10(22-4)7-11(12)15(9-19)8-16(15,17)18/h5-7H,8-9,19H2,1-4H3,(H,20,21). The smallest absolute Gasteiger partial charge is 0.412 e. The van der Waals surface area contributed by atoms with E-state index in [1.165, 1.54) is 19.2 Å². The monoisotopic (exact) mass is 328 g/mol. The summed E-state index contributed by atoms with van der Waals surface area (Å²) in [5.74, 6) is -2.48. The lowest BCUT2D eigenvalue weighted by atomic mass is 9.93. The van der Waals surface area contributed by atoms with Crippen LogP contribution in [0.25, 0.3) is 0 Å². The molecule has 1 unspecified atom stereocenters. The molecule has 2 rings (SSSR count). The second kappa shape index (κ2) is 5.63. The van der Waals surface area contributed by atoms with E-state index < -0.39 is 23.0 Å². The van der Waals surface area contributed by atoms with Crippen molar-refractivity contribution in [2.45, 2.75) is 44.1 Å². The van der Waals surface area contributed by atoms with Gasteiger partial charge < -0.3 is 15.2 Å². The van der Waals surface area contributed by atoms with E-state index in [0.29, 0.717) is 5.75 Å². The van der Waals surface area contributed by atoms with Crippen LogP contribution in [0.1, 0.15) is 32.8 Å². The van der Waals surface area contributed by atoms with Crippen LogP contribution in [0.4, 0.5) is 19.3 Å². The summed E-state index contributed by atoms with van der Waals surface area (Å²) in [6.07, 6.45) is -1.06. The van der Waals surface area contributed by atoms with Crippen LogP contribution in [0.15, 0.2) is 18.2 Å². The van der Waals surface area contributed by atoms with Crippen LogP contribution < -0.4 is 15.8 Å². The summed E-state index contributed by atoms with van der Waals surface area (Å²) in [5.41, 5.74) is 3.95. The second-order valence-corrected chi connectivity index (χ2v) is 6.71. The van der Waals surface area contributed by atoms with Crippen LogP contribution >= 0.6 is 0 Å². The van der Waals surface area contributed by atoms with Crippen LogP contribution in [0.3, 0.4) is 0 Å². The predicted octanol–water partition coefficient (Wildman–Crippen LogP) is 3.28. The fourth-order valence-electron chi connectivity index (χ4n) is 2.53. The predicted molar refractivity (Wildman–Crippen MR) is 83.1 cm³/mol. The fraction of sp³-hybridized carbons (Fsp3) is 0.562. The summed E-state index contributed by atoms with van der Waals surface area (Å²) in [5, 5.41) is 2.53. The molecule has 0 radical (unpaired) electrons. The molecule has 1 aliphatic rings. The number of nitrogens with one attached hydrogen (secondary N) is 1. The van der Waals surface area contributed by atoms with E-state index in [1.807, 2.05) is 0 Å². The van der Waals surface area contributed by atoms with Crippen molar-refractivity contribution in [3.05, 3.63) is 23.8 Å². The number of rotatable bonds is 4. The third kappa shape index (κ3) is 3.39. The maximum absolute atomic E-state index is 13.9. The molecule has 0 heterocycles. The van der Waals surface area contributed by atoms with Crippen molar-refractivity contribution in [3.8, 4) is 5.75 Å². The third-order valence-corrected chi connectivity index (χ3v) is 3.83. The van der Waals surface area contributed by atoms with E-state index in [1.54, 1.807) is 26.8 Å². The van der Waals surface area contributed by atoms with Gasteiger partial charge in [0.25, 0.3) is 5.92 Å². The highest BCUT2D eigenvalue weighted by molar-refractivity contribution is 5.87. The normalized spacial score (nSPS) is 22.4. The SMILES string of the molecule is COc1ccc(NC(=O)OC(C)(C)C)c(C2(CN)CC2(F)F)c1. The van der Waals surface area contributed by atoms with Crippen LogP contribution in [-0.4, -0.2) is 31.3 Å². The van der Waals surface area contributed by atoms with Crippen molar-refractivity contribution >= 4 is 11.8 Å². The molecule has 128 valence electrons. The van der Waals surface area contributed by atoms with Gasteiger partial charge in [0.05, 0.1) is 12.5 Å². The van der Waals surface area contributed by atoms with Gasteiger partial charge in [-0.2, -0.15) is 0 Å². The first-order valence-corrected chi connectivity index (χ1v) is 7.31. The number of ether oxygens (including phenoxy) is 2. The number of alkyl halides is 2. The topological polar surface area (TPSA) is 73.6 Å². The number of carbonyl (C=O) groups excluding carboxylic acids is 1. The van der Waals surface area contributed by atoms with Crippen molar-refractivity contribution in [2.75, 3.05) is 19.0 Å². The largest absolute Gasteiger partial charge is 0.497 e. The molecule has 1 amide bonds. The van der Waals surface area contributed by atoms with Crippen molar-refractivity contribution in [1.82, 2.24) is 0 Å². The first kappa shape index (κ1) is 17.5. The minimum atomic E-state index is -2.90. The van der Waals surface area contributed by atoms with Gasteiger partial charge in [0.2, 0.25) is 0 Å². The van der Waals surface area contributed by atoms with E-state index in [0.717, 1.165) is 0 Å². The zero-order chi connectivity index (χ0) is 17.5. The Balaban J connectivity index is 2.36. The minimum absolute atomic E-state index is 0.226. The summed E-state index contributed by atoms with van der Waals surface area (Å²) in [4.78, 5) is 11.9. The highest BCUT2D eigenvalue weighted by Gasteiger charge is 2.71. The summed E-state index contributed by atoms with van der Waals surface area (Å²) < 4.78 is 38.1. The Hall–Kier alpha value is -1.89. The maximum Gasteiger partial charge on any atom is 0.412 e. The van der Waals surface area contributed by atoms with Gasteiger partial charge in [-0.05, 0) is 44.5 Å². The molecule has 5 nitrogen and oxygen atoms in total. The number of nitrogens with two attached hydrogens (primary N) is 1. The molecular weight excluding hydrogens is 306 g/mol. The number of anilines is 1. The van der Waals surface area contributed by atoms with Crippen LogP contribution in [-0.2, 0) is 10.2 Å². The Morgan fingerprint density at radius 1 is 1.39 bits per heavy atom. The summed E-state index contributed by atoms with van der Waals surface area (Å²) in [7, 11) is 1.44. The van der Waals surface area contributed by atoms with Gasteiger partial charge in [0, 0.05) is 18.7 Å². The van der Waals surface area contributed by atoms with Crippen molar-refractivity contribution in [2.24, 2.45) is 5.73 Å². The molecule has 3 N–H and O–H groups in total. The number of carbonyl (C=O) groups is 1. The van der Waals surface area contributed by atoms with E-state index in [9.17, 15) is 13.6 Å². The zero-order valence-corrected chi connectivity index (χ0v) is 13.7. The van der Waals surface area contributed by atoms with Crippen LogP contribution in [0, 0.1) is 0 Å². The molecular formula is C16H22F2N2O3. The number of halogens is 2. The quantitative estimate of drug-likeness (QED) is 0.889. The summed E-state index contributed by atoms with van der Waals surface area (Å²) in [6, 6.07) is 4.59. The molecule has 1 aliphatic carbocycles. The molecule has 1 fully saturated rings. The molecule has 7 heteroatoms. The highest BCUT2D eigenvalue weighted by atomic mass is 19.3. The van der Waals surface area contributed by atoms with Gasteiger partial charge in [0.15, 0.2) is 0 Å². The first-order valence-electron chi connectivity index (χ1n) is 7.31. The Labute approximate surface area is 134 Å². The molecule has 0 saturated heterocycles. The van der Waals surface area contributed by atoms with E-state index >= 15 is 0 Å². The van der Waals surface area contributed by atoms with E-state index in [4.69, 9.17) is 15.2 Å².